The molecule has 0 N–H and O–H groups in total. The maximum absolute atomic E-state index is 13.4. The zero-order valence-electron chi connectivity index (χ0n) is 11.8. The smallest absolute Gasteiger partial charge is 0.416 e. The number of nitrogens with zero attached hydrogens (tertiary/aromatic N) is 2. The Kier molecular flexibility index (Phi) is 4.25. The molecule has 1 aliphatic heterocycles. The Labute approximate surface area is 125 Å². The fourth-order valence-corrected chi connectivity index (χ4v) is 2.37. The van der Waals surface area contributed by atoms with Gasteiger partial charge in [-0.15, -0.1) is 0 Å². The molecule has 0 amide bonds. The number of hydrogen-bond acceptors (Lipinski definition) is 3. The average molecular weight is 314 g/mol. The van der Waals surface area contributed by atoms with Crippen LogP contribution in [0.3, 0.4) is 0 Å². The summed E-state index contributed by atoms with van der Waals surface area (Å²) in [5, 5.41) is 0. The summed E-state index contributed by atoms with van der Waals surface area (Å²) in [6.07, 6.45) is -3.19. The molecule has 1 aliphatic rings. The minimum atomic E-state index is -4.59. The van der Waals surface area contributed by atoms with E-state index >= 15 is 0 Å². The first-order chi connectivity index (χ1) is 10.3. The lowest BCUT2D eigenvalue weighted by atomic mass is 9.98. The SMILES string of the molecule is C=CC1=C(N=C)N(C)C(c2cc(F)ccc2C(F)(F)F)CO1. The summed E-state index contributed by atoms with van der Waals surface area (Å²) in [5.74, 6) is -0.176. The van der Waals surface area contributed by atoms with E-state index in [1.807, 2.05) is 0 Å². The monoisotopic (exact) mass is 314 g/mol. The second-order valence-electron chi connectivity index (χ2n) is 4.72. The van der Waals surface area contributed by atoms with Crippen LogP contribution in [-0.2, 0) is 10.9 Å². The summed E-state index contributed by atoms with van der Waals surface area (Å²) in [6, 6.07) is 1.55. The van der Waals surface area contributed by atoms with Crippen molar-refractivity contribution in [1.29, 1.82) is 0 Å². The number of likely N-dealkylation sites (N-methyl/N-ethyl adjacent to an activating group) is 1. The number of halogens is 4. The van der Waals surface area contributed by atoms with Gasteiger partial charge in [0.05, 0.1) is 11.6 Å². The van der Waals surface area contributed by atoms with Crippen LogP contribution in [0.5, 0.6) is 0 Å². The van der Waals surface area contributed by atoms with Crippen molar-refractivity contribution in [2.75, 3.05) is 13.7 Å². The lowest BCUT2D eigenvalue weighted by Crippen LogP contribution is -2.33. The second-order valence-corrected chi connectivity index (χ2v) is 4.72. The number of alkyl halides is 3. The predicted octanol–water partition coefficient (Wildman–Crippen LogP) is 3.90. The highest BCUT2D eigenvalue weighted by atomic mass is 19.4. The third kappa shape index (κ3) is 2.84. The average Bonchev–Trinajstić information content (AvgIpc) is 2.45. The van der Waals surface area contributed by atoms with Gasteiger partial charge in [0.25, 0.3) is 0 Å². The molecule has 0 saturated carbocycles. The first-order valence-electron chi connectivity index (χ1n) is 6.35. The highest BCUT2D eigenvalue weighted by Gasteiger charge is 2.38. The minimum absolute atomic E-state index is 0.0800. The van der Waals surface area contributed by atoms with Crippen LogP contribution in [0, 0.1) is 5.82 Å². The second kappa shape index (κ2) is 5.82. The summed E-state index contributed by atoms with van der Waals surface area (Å²) in [5.41, 5.74) is -1.11. The molecule has 2 rings (SSSR count). The van der Waals surface area contributed by atoms with Gasteiger partial charge in [-0.1, -0.05) is 6.58 Å². The molecule has 0 aromatic heterocycles. The van der Waals surface area contributed by atoms with Gasteiger partial charge in [-0.3, -0.25) is 0 Å². The van der Waals surface area contributed by atoms with E-state index < -0.39 is 23.6 Å². The van der Waals surface area contributed by atoms with Gasteiger partial charge in [0.2, 0.25) is 0 Å². The molecule has 22 heavy (non-hydrogen) atoms. The Bertz CT molecular complexity index is 637. The molecule has 1 heterocycles. The van der Waals surface area contributed by atoms with Gasteiger partial charge >= 0.3 is 6.18 Å². The molecular formula is C15H14F4N2O. The fourth-order valence-electron chi connectivity index (χ4n) is 2.37. The van der Waals surface area contributed by atoms with E-state index in [1.54, 1.807) is 7.05 Å². The molecule has 0 bridgehead atoms. The summed E-state index contributed by atoms with van der Waals surface area (Å²) < 4.78 is 58.2. The normalized spacial score (nSPS) is 19.0. The zero-order chi connectivity index (χ0) is 16.5. The van der Waals surface area contributed by atoms with Crippen LogP contribution in [0.2, 0.25) is 0 Å². The molecule has 0 aliphatic carbocycles. The maximum Gasteiger partial charge on any atom is 0.416 e. The number of allylic oxidation sites excluding steroid dienone is 1. The van der Waals surface area contributed by atoms with Gasteiger partial charge in [0, 0.05) is 7.05 Å². The lowest BCUT2D eigenvalue weighted by molar-refractivity contribution is -0.139. The van der Waals surface area contributed by atoms with Crippen LogP contribution in [0.15, 0.2) is 47.4 Å². The number of benzene rings is 1. The van der Waals surface area contributed by atoms with Gasteiger partial charge in [-0.2, -0.15) is 13.2 Å². The standard InChI is InChI=1S/C15H14F4N2O/c1-4-13-14(20-2)21(3)12(8-22-13)10-7-9(16)5-6-11(10)15(17,18)19/h4-7,12H,1-2,8H2,3H3. The summed E-state index contributed by atoms with van der Waals surface area (Å²) in [7, 11) is 1.55. The Hall–Kier alpha value is -2.31. The zero-order valence-corrected chi connectivity index (χ0v) is 11.8. The topological polar surface area (TPSA) is 24.8 Å². The lowest BCUT2D eigenvalue weighted by Gasteiger charge is -2.36. The number of ether oxygens (including phenoxy) is 1. The van der Waals surface area contributed by atoms with E-state index in [2.05, 4.69) is 18.3 Å². The van der Waals surface area contributed by atoms with Crippen molar-refractivity contribution in [3.8, 4) is 0 Å². The number of hydrogen-bond donors (Lipinski definition) is 0. The molecule has 1 aromatic carbocycles. The summed E-state index contributed by atoms with van der Waals surface area (Å²) >= 11 is 0. The van der Waals surface area contributed by atoms with Crippen molar-refractivity contribution < 1.29 is 22.3 Å². The molecule has 0 spiro atoms. The highest BCUT2D eigenvalue weighted by Crippen LogP contribution is 2.39. The Morgan fingerprint density at radius 2 is 2.09 bits per heavy atom. The molecule has 7 heteroatoms. The molecule has 0 fully saturated rings. The van der Waals surface area contributed by atoms with Crippen LogP contribution in [0.4, 0.5) is 17.6 Å². The van der Waals surface area contributed by atoms with E-state index in [0.29, 0.717) is 5.76 Å². The molecule has 0 saturated heterocycles. The van der Waals surface area contributed by atoms with Crippen molar-refractivity contribution in [2.24, 2.45) is 4.99 Å². The fraction of sp³-hybridized carbons (Fsp3) is 0.267. The first kappa shape index (κ1) is 16.1. The van der Waals surface area contributed by atoms with E-state index in [4.69, 9.17) is 4.74 Å². The number of aliphatic imine (C=N–C) groups is 1. The van der Waals surface area contributed by atoms with Crippen molar-refractivity contribution in [3.05, 3.63) is 59.4 Å². The summed E-state index contributed by atoms with van der Waals surface area (Å²) in [6.45, 7) is 6.84. The molecule has 1 atom stereocenters. The van der Waals surface area contributed by atoms with E-state index in [1.165, 1.54) is 11.0 Å². The van der Waals surface area contributed by atoms with Crippen molar-refractivity contribution in [2.45, 2.75) is 12.2 Å². The van der Waals surface area contributed by atoms with Gasteiger partial charge in [-0.05, 0) is 36.6 Å². The summed E-state index contributed by atoms with van der Waals surface area (Å²) in [4.78, 5) is 5.22. The molecular weight excluding hydrogens is 300 g/mol. The largest absolute Gasteiger partial charge is 0.487 e. The Balaban J connectivity index is 2.54. The molecule has 1 unspecified atom stereocenters. The minimum Gasteiger partial charge on any atom is -0.487 e. The van der Waals surface area contributed by atoms with Crippen molar-refractivity contribution in [3.63, 3.8) is 0 Å². The van der Waals surface area contributed by atoms with E-state index in [-0.39, 0.29) is 18.0 Å². The van der Waals surface area contributed by atoms with Gasteiger partial charge in [0.15, 0.2) is 11.6 Å². The van der Waals surface area contributed by atoms with Gasteiger partial charge in [0.1, 0.15) is 12.4 Å². The van der Waals surface area contributed by atoms with Crippen molar-refractivity contribution >= 4 is 6.72 Å². The van der Waals surface area contributed by atoms with Crippen LogP contribution in [-0.4, -0.2) is 25.3 Å². The van der Waals surface area contributed by atoms with Crippen LogP contribution in [0.1, 0.15) is 17.2 Å². The van der Waals surface area contributed by atoms with Crippen molar-refractivity contribution in [1.82, 2.24) is 4.90 Å². The van der Waals surface area contributed by atoms with E-state index in [0.717, 1.165) is 18.2 Å². The van der Waals surface area contributed by atoms with Crippen LogP contribution >= 0.6 is 0 Å². The Morgan fingerprint density at radius 3 is 2.64 bits per heavy atom. The van der Waals surface area contributed by atoms with Gasteiger partial charge < -0.3 is 9.64 Å². The number of rotatable bonds is 3. The van der Waals surface area contributed by atoms with Gasteiger partial charge in [-0.25, -0.2) is 9.38 Å². The first-order valence-corrected chi connectivity index (χ1v) is 6.35. The van der Waals surface area contributed by atoms with Crippen LogP contribution < -0.4 is 0 Å². The quantitative estimate of drug-likeness (QED) is 0.624. The predicted molar refractivity (Wildman–Crippen MR) is 74.6 cm³/mol. The third-order valence-electron chi connectivity index (χ3n) is 3.43. The van der Waals surface area contributed by atoms with E-state index in [9.17, 15) is 17.6 Å². The molecule has 3 nitrogen and oxygen atoms in total. The molecule has 1 aromatic rings. The molecule has 118 valence electrons. The highest BCUT2D eigenvalue weighted by molar-refractivity contribution is 5.37. The Morgan fingerprint density at radius 1 is 1.41 bits per heavy atom. The maximum atomic E-state index is 13.4. The molecule has 0 radical (unpaired) electrons. The van der Waals surface area contributed by atoms with Crippen LogP contribution in [0.25, 0.3) is 0 Å². The third-order valence-corrected chi connectivity index (χ3v) is 3.43.